The zero-order chi connectivity index (χ0) is 8.27. The van der Waals surface area contributed by atoms with E-state index in [1.807, 2.05) is 0 Å². The predicted octanol–water partition coefficient (Wildman–Crippen LogP) is 2.42. The summed E-state index contributed by atoms with van der Waals surface area (Å²) >= 11 is 0. The fourth-order valence-corrected chi connectivity index (χ4v) is 1.93. The van der Waals surface area contributed by atoms with Gasteiger partial charge in [-0.1, -0.05) is 20.3 Å². The maximum Gasteiger partial charge on any atom is 0.0350 e. The molecule has 1 aliphatic rings. The number of hydroxylamine groups is 2. The van der Waals surface area contributed by atoms with Crippen molar-refractivity contribution in [3.8, 4) is 0 Å². The van der Waals surface area contributed by atoms with Crippen molar-refractivity contribution >= 4 is 0 Å². The van der Waals surface area contributed by atoms with Crippen molar-refractivity contribution < 1.29 is 5.21 Å². The molecule has 0 amide bonds. The molecule has 2 nitrogen and oxygen atoms in total. The molecule has 0 radical (unpaired) electrons. The zero-order valence-corrected chi connectivity index (χ0v) is 7.58. The number of piperidine rings is 1. The number of rotatable bonds is 2. The van der Waals surface area contributed by atoms with E-state index in [9.17, 15) is 5.21 Å². The van der Waals surface area contributed by atoms with Crippen LogP contribution in [0.4, 0.5) is 0 Å². The summed E-state index contributed by atoms with van der Waals surface area (Å²) in [6.07, 6.45) is 5.78. The summed E-state index contributed by atoms with van der Waals surface area (Å²) in [5.41, 5.74) is 0. The van der Waals surface area contributed by atoms with E-state index in [-0.39, 0.29) is 0 Å². The van der Waals surface area contributed by atoms with Crippen LogP contribution in [0.3, 0.4) is 0 Å². The first-order valence-corrected chi connectivity index (χ1v) is 4.76. The quantitative estimate of drug-likeness (QED) is 0.665. The third kappa shape index (κ3) is 1.94. The van der Waals surface area contributed by atoms with Crippen molar-refractivity contribution in [3.63, 3.8) is 0 Å². The van der Waals surface area contributed by atoms with Gasteiger partial charge in [0.1, 0.15) is 0 Å². The highest BCUT2D eigenvalue weighted by atomic mass is 16.5. The van der Waals surface area contributed by atoms with Crippen LogP contribution in [0.1, 0.15) is 46.0 Å². The van der Waals surface area contributed by atoms with Gasteiger partial charge in [-0.3, -0.25) is 0 Å². The lowest BCUT2D eigenvalue weighted by Crippen LogP contribution is -2.43. The molecular weight excluding hydrogens is 138 g/mol. The molecule has 0 saturated carbocycles. The molecule has 2 heteroatoms. The SMILES string of the molecule is CCC1CCCC(CC)N1O. The zero-order valence-electron chi connectivity index (χ0n) is 7.58. The van der Waals surface area contributed by atoms with Crippen LogP contribution < -0.4 is 0 Å². The molecule has 1 heterocycles. The molecule has 1 rings (SSSR count). The molecule has 2 atom stereocenters. The molecule has 1 saturated heterocycles. The topological polar surface area (TPSA) is 23.5 Å². The van der Waals surface area contributed by atoms with Gasteiger partial charge >= 0.3 is 0 Å². The summed E-state index contributed by atoms with van der Waals surface area (Å²) in [6, 6.07) is 0.849. The lowest BCUT2D eigenvalue weighted by molar-refractivity contribution is -0.178. The standard InChI is InChI=1S/C9H19NO/c1-3-8-6-5-7-9(4-2)10(8)11/h8-9,11H,3-7H2,1-2H3. The first-order chi connectivity index (χ1) is 5.29. The molecule has 0 spiro atoms. The van der Waals surface area contributed by atoms with Crippen LogP contribution in [0, 0.1) is 0 Å². The van der Waals surface area contributed by atoms with Gasteiger partial charge in [0.15, 0.2) is 0 Å². The van der Waals surface area contributed by atoms with E-state index in [2.05, 4.69) is 13.8 Å². The van der Waals surface area contributed by atoms with Gasteiger partial charge in [-0.15, -0.1) is 0 Å². The van der Waals surface area contributed by atoms with Gasteiger partial charge in [0, 0.05) is 12.1 Å². The molecule has 0 aromatic rings. The second-order valence-corrected chi connectivity index (χ2v) is 3.44. The lowest BCUT2D eigenvalue weighted by Gasteiger charge is -2.36. The van der Waals surface area contributed by atoms with E-state index in [1.54, 1.807) is 5.06 Å². The van der Waals surface area contributed by atoms with Crippen molar-refractivity contribution in [2.75, 3.05) is 0 Å². The minimum atomic E-state index is 0.425. The Bertz CT molecular complexity index is 104. The molecule has 1 N–H and O–H groups in total. The summed E-state index contributed by atoms with van der Waals surface area (Å²) in [5.74, 6) is 0. The largest absolute Gasteiger partial charge is 0.313 e. The monoisotopic (exact) mass is 157 g/mol. The Morgan fingerprint density at radius 3 is 2.00 bits per heavy atom. The first-order valence-electron chi connectivity index (χ1n) is 4.76. The third-order valence-electron chi connectivity index (χ3n) is 2.77. The summed E-state index contributed by atoms with van der Waals surface area (Å²) in [4.78, 5) is 0. The van der Waals surface area contributed by atoms with Crippen LogP contribution in [0.25, 0.3) is 0 Å². The fraction of sp³-hybridized carbons (Fsp3) is 1.00. The maximum atomic E-state index is 9.66. The molecule has 0 aromatic carbocycles. The van der Waals surface area contributed by atoms with E-state index in [1.165, 1.54) is 19.3 Å². The molecule has 0 aromatic heterocycles. The van der Waals surface area contributed by atoms with Crippen molar-refractivity contribution in [1.82, 2.24) is 5.06 Å². The average Bonchev–Trinajstić information content (AvgIpc) is 2.05. The molecular formula is C9H19NO. The minimum Gasteiger partial charge on any atom is -0.313 e. The Labute approximate surface area is 69.2 Å². The van der Waals surface area contributed by atoms with Crippen LogP contribution in [-0.4, -0.2) is 22.4 Å². The molecule has 66 valence electrons. The first kappa shape index (κ1) is 9.01. The lowest BCUT2D eigenvalue weighted by atomic mass is 9.95. The Morgan fingerprint density at radius 2 is 1.64 bits per heavy atom. The highest BCUT2D eigenvalue weighted by molar-refractivity contribution is 4.77. The highest BCUT2D eigenvalue weighted by Gasteiger charge is 2.26. The number of hydrogen-bond acceptors (Lipinski definition) is 2. The molecule has 11 heavy (non-hydrogen) atoms. The van der Waals surface area contributed by atoms with E-state index < -0.39 is 0 Å². The van der Waals surface area contributed by atoms with Crippen molar-refractivity contribution in [1.29, 1.82) is 0 Å². The highest BCUT2D eigenvalue weighted by Crippen LogP contribution is 2.24. The molecule has 0 aliphatic carbocycles. The van der Waals surface area contributed by atoms with Gasteiger partial charge in [0.05, 0.1) is 0 Å². The Hall–Kier alpha value is -0.0800. The van der Waals surface area contributed by atoms with E-state index >= 15 is 0 Å². The van der Waals surface area contributed by atoms with Gasteiger partial charge in [-0.05, 0) is 25.7 Å². The van der Waals surface area contributed by atoms with Crippen LogP contribution in [0.2, 0.25) is 0 Å². The van der Waals surface area contributed by atoms with Gasteiger partial charge in [-0.2, -0.15) is 5.06 Å². The van der Waals surface area contributed by atoms with Crippen molar-refractivity contribution in [2.24, 2.45) is 0 Å². The van der Waals surface area contributed by atoms with Crippen molar-refractivity contribution in [3.05, 3.63) is 0 Å². The van der Waals surface area contributed by atoms with Crippen LogP contribution in [0.5, 0.6) is 0 Å². The summed E-state index contributed by atoms with van der Waals surface area (Å²) in [6.45, 7) is 4.29. The average molecular weight is 157 g/mol. The summed E-state index contributed by atoms with van der Waals surface area (Å²) < 4.78 is 0. The Morgan fingerprint density at radius 1 is 1.18 bits per heavy atom. The van der Waals surface area contributed by atoms with E-state index in [4.69, 9.17) is 0 Å². The third-order valence-corrected chi connectivity index (χ3v) is 2.77. The smallest absolute Gasteiger partial charge is 0.0350 e. The second kappa shape index (κ2) is 4.07. The van der Waals surface area contributed by atoms with Crippen molar-refractivity contribution in [2.45, 2.75) is 58.0 Å². The maximum absolute atomic E-state index is 9.66. The molecule has 2 unspecified atom stereocenters. The Kier molecular flexibility index (Phi) is 3.34. The van der Waals surface area contributed by atoms with Gasteiger partial charge < -0.3 is 5.21 Å². The van der Waals surface area contributed by atoms with Gasteiger partial charge in [0.25, 0.3) is 0 Å². The molecule has 1 fully saturated rings. The molecule has 1 aliphatic heterocycles. The van der Waals surface area contributed by atoms with Gasteiger partial charge in [-0.25, -0.2) is 0 Å². The number of nitrogens with zero attached hydrogens (tertiary/aromatic N) is 1. The van der Waals surface area contributed by atoms with Crippen LogP contribution in [0.15, 0.2) is 0 Å². The Balaban J connectivity index is 2.45. The minimum absolute atomic E-state index is 0.425. The van der Waals surface area contributed by atoms with E-state index in [0.717, 1.165) is 12.8 Å². The molecule has 0 bridgehead atoms. The number of hydrogen-bond donors (Lipinski definition) is 1. The summed E-state index contributed by atoms with van der Waals surface area (Å²) in [5, 5.41) is 11.2. The van der Waals surface area contributed by atoms with Crippen LogP contribution >= 0.6 is 0 Å². The predicted molar refractivity (Wildman–Crippen MR) is 45.6 cm³/mol. The fourth-order valence-electron chi connectivity index (χ4n) is 1.93. The van der Waals surface area contributed by atoms with Crippen LogP contribution in [-0.2, 0) is 0 Å². The summed E-state index contributed by atoms with van der Waals surface area (Å²) in [7, 11) is 0. The second-order valence-electron chi connectivity index (χ2n) is 3.44. The van der Waals surface area contributed by atoms with E-state index in [0.29, 0.717) is 12.1 Å². The normalized spacial score (nSPS) is 34.1. The van der Waals surface area contributed by atoms with Gasteiger partial charge in [0.2, 0.25) is 0 Å².